The number of benzene rings is 3. The number of hydrogen-bond donors (Lipinski definition) is 1. The second-order valence-electron chi connectivity index (χ2n) is 8.85. The summed E-state index contributed by atoms with van der Waals surface area (Å²) in [7, 11) is 1.60. The van der Waals surface area contributed by atoms with Crippen molar-refractivity contribution in [3.63, 3.8) is 0 Å². The smallest absolute Gasteiger partial charge is 0.259 e. The number of nitrogens with zero attached hydrogens (tertiary/aromatic N) is 1. The van der Waals surface area contributed by atoms with E-state index >= 15 is 0 Å². The van der Waals surface area contributed by atoms with Gasteiger partial charge in [0.05, 0.1) is 24.3 Å². The zero-order valence-electron chi connectivity index (χ0n) is 18.8. The summed E-state index contributed by atoms with van der Waals surface area (Å²) in [6.45, 7) is 0. The Labute approximate surface area is 194 Å². The van der Waals surface area contributed by atoms with Crippen LogP contribution in [-0.4, -0.2) is 24.5 Å². The average molecular weight is 441 g/mol. The van der Waals surface area contributed by atoms with Gasteiger partial charge in [0.25, 0.3) is 5.91 Å². The van der Waals surface area contributed by atoms with Crippen LogP contribution < -0.4 is 15.0 Å². The van der Waals surface area contributed by atoms with Gasteiger partial charge in [-0.15, -0.1) is 0 Å². The third kappa shape index (κ3) is 3.58. The summed E-state index contributed by atoms with van der Waals surface area (Å²) in [4.78, 5) is 29.9. The van der Waals surface area contributed by atoms with Crippen LogP contribution in [0.3, 0.4) is 0 Å². The Balaban J connectivity index is 1.67. The van der Waals surface area contributed by atoms with Gasteiger partial charge in [0, 0.05) is 11.3 Å². The number of fused-ring (bicyclic) bond motifs is 1. The Morgan fingerprint density at radius 2 is 1.58 bits per heavy atom. The minimum Gasteiger partial charge on any atom is -0.495 e. The van der Waals surface area contributed by atoms with Crippen LogP contribution >= 0.6 is 0 Å². The van der Waals surface area contributed by atoms with E-state index < -0.39 is 11.5 Å². The summed E-state index contributed by atoms with van der Waals surface area (Å²) < 4.78 is 5.47. The first-order valence-electron chi connectivity index (χ1n) is 11.6. The maximum Gasteiger partial charge on any atom is 0.259 e. The van der Waals surface area contributed by atoms with Crippen molar-refractivity contribution in [3.05, 3.63) is 90.0 Å². The first kappa shape index (κ1) is 21.3. The minimum atomic E-state index is -0.614. The molecule has 1 spiro atoms. The van der Waals surface area contributed by atoms with Gasteiger partial charge in [-0.1, -0.05) is 67.8 Å². The molecule has 0 radical (unpaired) electrons. The minimum absolute atomic E-state index is 0.0277. The molecule has 0 bridgehead atoms. The molecule has 1 aliphatic heterocycles. The number of carbonyl (C=O) groups is 2. The van der Waals surface area contributed by atoms with Crippen molar-refractivity contribution in [2.24, 2.45) is 0 Å². The Bertz CT molecular complexity index is 1170. The van der Waals surface area contributed by atoms with Gasteiger partial charge in [0.15, 0.2) is 0 Å². The number of amides is 2. The van der Waals surface area contributed by atoms with E-state index in [0.29, 0.717) is 17.0 Å². The van der Waals surface area contributed by atoms with Crippen molar-refractivity contribution >= 4 is 23.2 Å². The molecule has 3 aromatic rings. The first-order valence-corrected chi connectivity index (χ1v) is 11.6. The van der Waals surface area contributed by atoms with E-state index in [1.165, 1.54) is 0 Å². The summed E-state index contributed by atoms with van der Waals surface area (Å²) in [6.07, 6.45) is 4.65. The third-order valence-electron chi connectivity index (χ3n) is 7.05. The molecule has 2 amide bonds. The molecule has 1 fully saturated rings. The van der Waals surface area contributed by atoms with Gasteiger partial charge >= 0.3 is 0 Å². The monoisotopic (exact) mass is 440 g/mol. The number of methoxy groups -OCH3 is 1. The van der Waals surface area contributed by atoms with Crippen LogP contribution in [0.5, 0.6) is 5.75 Å². The van der Waals surface area contributed by atoms with E-state index in [4.69, 9.17) is 4.74 Å². The molecule has 0 saturated heterocycles. The Morgan fingerprint density at radius 3 is 2.33 bits per heavy atom. The van der Waals surface area contributed by atoms with Crippen LogP contribution in [0.15, 0.2) is 78.9 Å². The second-order valence-corrected chi connectivity index (χ2v) is 8.85. The highest BCUT2D eigenvalue weighted by atomic mass is 16.5. The number of anilines is 2. The molecule has 33 heavy (non-hydrogen) atoms. The average Bonchev–Trinajstić information content (AvgIpc) is 2.86. The van der Waals surface area contributed by atoms with Crippen molar-refractivity contribution in [1.82, 2.24) is 0 Å². The first-order chi connectivity index (χ1) is 16.2. The maximum absolute atomic E-state index is 14.1. The third-order valence-corrected chi connectivity index (χ3v) is 7.05. The molecule has 0 aromatic heterocycles. The Kier molecular flexibility index (Phi) is 5.63. The molecular weight excluding hydrogens is 412 g/mol. The van der Waals surface area contributed by atoms with Crippen LogP contribution in [-0.2, 0) is 4.79 Å². The predicted molar refractivity (Wildman–Crippen MR) is 130 cm³/mol. The zero-order valence-corrected chi connectivity index (χ0v) is 18.8. The van der Waals surface area contributed by atoms with Crippen LogP contribution in [0.2, 0.25) is 0 Å². The van der Waals surface area contributed by atoms with Crippen molar-refractivity contribution in [3.8, 4) is 5.75 Å². The van der Waals surface area contributed by atoms with E-state index in [2.05, 4.69) is 5.32 Å². The van der Waals surface area contributed by atoms with Crippen LogP contribution in [0.25, 0.3) is 0 Å². The largest absolute Gasteiger partial charge is 0.495 e. The number of rotatable bonds is 4. The van der Waals surface area contributed by atoms with Crippen LogP contribution in [0, 0.1) is 0 Å². The van der Waals surface area contributed by atoms with Crippen molar-refractivity contribution in [1.29, 1.82) is 0 Å². The van der Waals surface area contributed by atoms with E-state index in [0.717, 1.165) is 43.4 Å². The molecule has 5 heteroatoms. The fourth-order valence-electron chi connectivity index (χ4n) is 5.65. The maximum atomic E-state index is 14.1. The van der Waals surface area contributed by atoms with Crippen LogP contribution in [0.1, 0.15) is 53.9 Å². The van der Waals surface area contributed by atoms with Gasteiger partial charge in [-0.05, 0) is 48.7 Å². The Morgan fingerprint density at radius 1 is 0.909 bits per heavy atom. The fraction of sp³-hybridized carbons (Fsp3) is 0.286. The molecule has 1 saturated carbocycles. The number of carbonyl (C=O) groups excluding carboxylic acids is 2. The van der Waals surface area contributed by atoms with Crippen molar-refractivity contribution < 1.29 is 14.3 Å². The SMILES string of the molecule is COc1ccccc1NC(=O)C1c2ccccc2C(=O)N(c2ccccc2)C12CCCCC2. The van der Waals surface area contributed by atoms with E-state index in [9.17, 15) is 9.59 Å². The number of hydrogen-bond acceptors (Lipinski definition) is 3. The lowest BCUT2D eigenvalue weighted by atomic mass is 9.65. The summed E-state index contributed by atoms with van der Waals surface area (Å²) in [5.74, 6) is -0.0113. The molecule has 1 unspecified atom stereocenters. The highest BCUT2D eigenvalue weighted by molar-refractivity contribution is 6.13. The standard InChI is InChI=1S/C28H28N2O3/c1-33-24-17-9-8-16-23(24)29-26(31)25-21-14-6-7-15-22(21)27(32)30(20-12-4-2-5-13-20)28(25)18-10-3-11-19-28/h2,4-9,12-17,25H,3,10-11,18-19H2,1H3,(H,29,31). The summed E-state index contributed by atoms with van der Waals surface area (Å²) in [6, 6.07) is 24.8. The second kappa shape index (κ2) is 8.74. The van der Waals surface area contributed by atoms with Crippen molar-refractivity contribution in [2.45, 2.75) is 43.6 Å². The summed E-state index contributed by atoms with van der Waals surface area (Å²) in [5.41, 5.74) is 2.27. The van der Waals surface area contributed by atoms with Gasteiger partial charge in [-0.2, -0.15) is 0 Å². The lowest BCUT2D eigenvalue weighted by molar-refractivity contribution is -0.119. The highest BCUT2D eigenvalue weighted by Gasteiger charge is 2.55. The summed E-state index contributed by atoms with van der Waals surface area (Å²) in [5, 5.41) is 3.13. The molecule has 3 aromatic carbocycles. The Hall–Kier alpha value is -3.60. The topological polar surface area (TPSA) is 58.6 Å². The van der Waals surface area contributed by atoms with E-state index in [1.807, 2.05) is 83.8 Å². The number of para-hydroxylation sites is 3. The molecule has 1 aliphatic carbocycles. The molecule has 1 atom stereocenters. The number of ether oxygens (including phenoxy) is 1. The van der Waals surface area contributed by atoms with Gasteiger partial charge in [-0.3, -0.25) is 9.59 Å². The predicted octanol–water partition coefficient (Wildman–Crippen LogP) is 5.78. The normalized spacial score (nSPS) is 19.1. The van der Waals surface area contributed by atoms with Gasteiger partial charge in [0.1, 0.15) is 5.75 Å². The fourth-order valence-corrected chi connectivity index (χ4v) is 5.65. The lowest BCUT2D eigenvalue weighted by Gasteiger charge is -2.53. The van der Waals surface area contributed by atoms with Gasteiger partial charge in [-0.25, -0.2) is 0 Å². The molecule has 1 heterocycles. The molecular formula is C28H28N2O3. The van der Waals surface area contributed by atoms with Crippen molar-refractivity contribution in [2.75, 3.05) is 17.3 Å². The summed E-state index contributed by atoms with van der Waals surface area (Å²) >= 11 is 0. The molecule has 1 N–H and O–H groups in total. The molecule has 168 valence electrons. The number of nitrogens with one attached hydrogen (secondary N) is 1. The molecule has 2 aliphatic rings. The lowest BCUT2D eigenvalue weighted by Crippen LogP contribution is -2.62. The quantitative estimate of drug-likeness (QED) is 0.559. The molecule has 5 rings (SSSR count). The van der Waals surface area contributed by atoms with Gasteiger partial charge in [0.2, 0.25) is 5.91 Å². The zero-order chi connectivity index (χ0) is 22.8. The van der Waals surface area contributed by atoms with E-state index in [1.54, 1.807) is 7.11 Å². The van der Waals surface area contributed by atoms with Gasteiger partial charge < -0.3 is 15.0 Å². The molecule has 5 nitrogen and oxygen atoms in total. The van der Waals surface area contributed by atoms with E-state index in [-0.39, 0.29) is 11.8 Å². The van der Waals surface area contributed by atoms with Crippen LogP contribution in [0.4, 0.5) is 11.4 Å². The highest BCUT2D eigenvalue weighted by Crippen LogP contribution is 2.51.